The third-order valence-electron chi connectivity index (χ3n) is 7.46. The monoisotopic (exact) mass is 624 g/mol. The van der Waals surface area contributed by atoms with E-state index in [4.69, 9.17) is 4.74 Å². The molecule has 3 aromatic rings. The molecule has 0 saturated heterocycles. The molecule has 0 saturated carbocycles. The largest absolute Gasteiger partial charge is 0.467 e. The van der Waals surface area contributed by atoms with Gasteiger partial charge in [0.1, 0.15) is 6.04 Å². The van der Waals surface area contributed by atoms with Crippen LogP contribution in [0.3, 0.4) is 0 Å². The molecule has 0 radical (unpaired) electrons. The number of benzene rings is 2. The van der Waals surface area contributed by atoms with Crippen LogP contribution in [-0.4, -0.2) is 77.7 Å². The Morgan fingerprint density at radius 2 is 1.74 bits per heavy atom. The van der Waals surface area contributed by atoms with Gasteiger partial charge in [-0.15, -0.1) is 11.8 Å². The lowest BCUT2D eigenvalue weighted by Crippen LogP contribution is -2.51. The Morgan fingerprint density at radius 3 is 2.47 bits per heavy atom. The van der Waals surface area contributed by atoms with Crippen LogP contribution in [0.1, 0.15) is 37.8 Å². The number of nitrogens with zero attached hydrogens (tertiary/aromatic N) is 2. The summed E-state index contributed by atoms with van der Waals surface area (Å²) >= 11 is 3.18. The number of esters is 1. The standard InChI is InChI=1S/C33H44N4O4S2/c1-5-24(2)30(36-32(39)23-43-22-25-13-16-34-17-14-25)20-37(19-27-11-8-10-26-9-6-7-12-28(26)27)21-31(38)35-29(15-18-42-4)33(40)41-3/h6-14,16-17,24,29-30H,5,15,18-23H2,1-4H3,(H,35,38)(H,36,39)/t24-,29-,30+/m0/s1. The number of carbonyl (C=O) groups is 3. The van der Waals surface area contributed by atoms with Crippen molar-refractivity contribution >= 4 is 52.1 Å². The topological polar surface area (TPSA) is 101 Å². The third kappa shape index (κ3) is 11.5. The number of hydrogen-bond donors (Lipinski definition) is 2. The Kier molecular flexibility index (Phi) is 14.8. The van der Waals surface area contributed by atoms with Crippen molar-refractivity contribution in [2.45, 2.75) is 51.1 Å². The van der Waals surface area contributed by atoms with Crippen LogP contribution in [0.4, 0.5) is 0 Å². The number of thioether (sulfide) groups is 2. The molecule has 0 aliphatic heterocycles. The number of aromatic nitrogens is 1. The lowest BCUT2D eigenvalue weighted by molar-refractivity contribution is -0.145. The Bertz CT molecular complexity index is 1310. The van der Waals surface area contributed by atoms with E-state index in [1.54, 1.807) is 35.9 Å². The average molecular weight is 625 g/mol. The quantitative estimate of drug-likeness (QED) is 0.193. The maximum Gasteiger partial charge on any atom is 0.328 e. The van der Waals surface area contributed by atoms with E-state index in [1.165, 1.54) is 7.11 Å². The Morgan fingerprint density at radius 1 is 1.00 bits per heavy atom. The summed E-state index contributed by atoms with van der Waals surface area (Å²) in [6.45, 7) is 5.31. The zero-order valence-corrected chi connectivity index (χ0v) is 27.2. The number of fused-ring (bicyclic) bond motifs is 1. The van der Waals surface area contributed by atoms with Crippen LogP contribution in [-0.2, 0) is 31.4 Å². The molecule has 2 aromatic carbocycles. The summed E-state index contributed by atoms with van der Waals surface area (Å²) in [7, 11) is 1.34. The maximum absolute atomic E-state index is 13.4. The molecule has 8 nitrogen and oxygen atoms in total. The molecule has 0 bridgehead atoms. The summed E-state index contributed by atoms with van der Waals surface area (Å²) in [5, 5.41) is 8.40. The van der Waals surface area contributed by atoms with Crippen molar-refractivity contribution in [3.05, 3.63) is 78.1 Å². The van der Waals surface area contributed by atoms with E-state index in [0.717, 1.165) is 39.8 Å². The van der Waals surface area contributed by atoms with Gasteiger partial charge >= 0.3 is 5.97 Å². The van der Waals surface area contributed by atoms with Crippen LogP contribution in [0.25, 0.3) is 10.8 Å². The first-order valence-corrected chi connectivity index (χ1v) is 17.2. The zero-order chi connectivity index (χ0) is 31.0. The molecule has 232 valence electrons. The van der Waals surface area contributed by atoms with E-state index >= 15 is 0 Å². The van der Waals surface area contributed by atoms with Crippen LogP contribution in [0.2, 0.25) is 0 Å². The second-order valence-electron chi connectivity index (χ2n) is 10.6. The zero-order valence-electron chi connectivity index (χ0n) is 25.6. The first-order valence-electron chi connectivity index (χ1n) is 14.7. The molecule has 3 rings (SSSR count). The summed E-state index contributed by atoms with van der Waals surface area (Å²) in [5.74, 6) is 1.26. The Hall–Kier alpha value is -3.08. The average Bonchev–Trinajstić information content (AvgIpc) is 3.02. The fourth-order valence-corrected chi connectivity index (χ4v) is 6.12. The van der Waals surface area contributed by atoms with Crippen molar-refractivity contribution in [1.29, 1.82) is 0 Å². The van der Waals surface area contributed by atoms with Gasteiger partial charge in [0.25, 0.3) is 0 Å². The van der Waals surface area contributed by atoms with E-state index < -0.39 is 12.0 Å². The highest BCUT2D eigenvalue weighted by Gasteiger charge is 2.26. The number of hydrogen-bond acceptors (Lipinski definition) is 8. The SMILES string of the molecule is CC[C@H](C)[C@@H](CN(CC(=O)N[C@@H](CCSC)C(=O)OC)Cc1cccc2ccccc12)NC(=O)CSCc1ccncc1. The van der Waals surface area contributed by atoms with Gasteiger partial charge in [0, 0.05) is 37.3 Å². The lowest BCUT2D eigenvalue weighted by atomic mass is 9.97. The molecule has 0 unspecified atom stereocenters. The highest BCUT2D eigenvalue weighted by molar-refractivity contribution is 7.99. The van der Waals surface area contributed by atoms with E-state index in [9.17, 15) is 14.4 Å². The van der Waals surface area contributed by atoms with Crippen LogP contribution in [0, 0.1) is 5.92 Å². The second kappa shape index (κ2) is 18.6. The first-order chi connectivity index (χ1) is 20.8. The lowest BCUT2D eigenvalue weighted by Gasteiger charge is -2.31. The minimum absolute atomic E-state index is 0.0262. The number of carbonyl (C=O) groups excluding carboxylic acids is 3. The van der Waals surface area contributed by atoms with Gasteiger partial charge in [0.2, 0.25) is 11.8 Å². The van der Waals surface area contributed by atoms with Crippen molar-refractivity contribution in [3.63, 3.8) is 0 Å². The number of rotatable bonds is 18. The van der Waals surface area contributed by atoms with E-state index in [2.05, 4.69) is 58.6 Å². The molecule has 10 heteroatoms. The van der Waals surface area contributed by atoms with Gasteiger partial charge in [-0.1, -0.05) is 62.7 Å². The highest BCUT2D eigenvalue weighted by Crippen LogP contribution is 2.21. The molecular formula is C33H44N4O4S2. The van der Waals surface area contributed by atoms with Crippen molar-refractivity contribution in [2.75, 3.05) is 38.0 Å². The minimum atomic E-state index is -0.702. The number of pyridine rings is 1. The molecule has 0 aliphatic carbocycles. The molecule has 43 heavy (non-hydrogen) atoms. The highest BCUT2D eigenvalue weighted by atomic mass is 32.2. The molecule has 1 aromatic heterocycles. The van der Waals surface area contributed by atoms with Gasteiger partial charge in [-0.05, 0) is 58.4 Å². The van der Waals surface area contributed by atoms with Gasteiger partial charge in [0.05, 0.1) is 19.4 Å². The normalized spacial score (nSPS) is 13.3. The molecule has 1 heterocycles. The predicted molar refractivity (Wildman–Crippen MR) is 178 cm³/mol. The molecule has 0 spiro atoms. The Labute approximate surface area is 264 Å². The van der Waals surface area contributed by atoms with E-state index in [-0.39, 0.29) is 30.3 Å². The van der Waals surface area contributed by atoms with Crippen LogP contribution in [0.15, 0.2) is 67.0 Å². The maximum atomic E-state index is 13.4. The van der Waals surface area contributed by atoms with Crippen LogP contribution in [0.5, 0.6) is 0 Å². The summed E-state index contributed by atoms with van der Waals surface area (Å²) in [5.41, 5.74) is 2.22. The van der Waals surface area contributed by atoms with Crippen molar-refractivity contribution in [2.24, 2.45) is 5.92 Å². The minimum Gasteiger partial charge on any atom is -0.467 e. The summed E-state index contributed by atoms with van der Waals surface area (Å²) in [6, 6.07) is 17.4. The fraction of sp³-hybridized carbons (Fsp3) is 0.455. The van der Waals surface area contributed by atoms with Crippen molar-refractivity contribution in [1.82, 2.24) is 20.5 Å². The molecule has 2 N–H and O–H groups in total. The Balaban J connectivity index is 1.76. The molecular weight excluding hydrogens is 581 g/mol. The molecule has 2 amide bonds. The van der Waals surface area contributed by atoms with Gasteiger partial charge in [-0.2, -0.15) is 11.8 Å². The van der Waals surface area contributed by atoms with Crippen molar-refractivity contribution in [3.8, 4) is 0 Å². The van der Waals surface area contributed by atoms with E-state index in [1.807, 2.05) is 36.6 Å². The third-order valence-corrected chi connectivity index (χ3v) is 9.10. The number of methoxy groups -OCH3 is 1. The van der Waals surface area contributed by atoms with Gasteiger partial charge < -0.3 is 15.4 Å². The number of amides is 2. The summed E-state index contributed by atoms with van der Waals surface area (Å²) in [6.07, 6.45) is 6.84. The molecule has 3 atom stereocenters. The predicted octanol–water partition coefficient (Wildman–Crippen LogP) is 4.91. The fourth-order valence-electron chi connectivity index (χ4n) is 4.85. The van der Waals surface area contributed by atoms with Crippen molar-refractivity contribution < 1.29 is 19.1 Å². The molecule has 0 aliphatic rings. The summed E-state index contributed by atoms with van der Waals surface area (Å²) < 4.78 is 4.94. The van der Waals surface area contributed by atoms with Gasteiger partial charge in [-0.3, -0.25) is 19.5 Å². The summed E-state index contributed by atoms with van der Waals surface area (Å²) in [4.78, 5) is 44.9. The second-order valence-corrected chi connectivity index (χ2v) is 12.6. The number of nitrogens with one attached hydrogen (secondary N) is 2. The molecule has 0 fully saturated rings. The first kappa shape index (κ1) is 34.4. The smallest absolute Gasteiger partial charge is 0.328 e. The van der Waals surface area contributed by atoms with Gasteiger partial charge in [-0.25, -0.2) is 4.79 Å². The number of ether oxygens (including phenoxy) is 1. The van der Waals surface area contributed by atoms with Gasteiger partial charge in [0.15, 0.2) is 0 Å². The van der Waals surface area contributed by atoms with Crippen LogP contribution < -0.4 is 10.6 Å². The van der Waals surface area contributed by atoms with Crippen LogP contribution >= 0.6 is 23.5 Å². The van der Waals surface area contributed by atoms with E-state index in [0.29, 0.717) is 25.3 Å².